The molecule has 0 spiro atoms. The number of hydrogen-bond acceptors (Lipinski definition) is 4. The molecule has 0 aliphatic carbocycles. The molecular weight excluding hydrogens is 438 g/mol. The first-order valence-corrected chi connectivity index (χ1v) is 12.4. The van der Waals surface area contributed by atoms with Crippen LogP contribution in [0.2, 0.25) is 0 Å². The van der Waals surface area contributed by atoms with Crippen LogP contribution in [0.3, 0.4) is 0 Å². The standard InChI is InChI=1S/C28H41N5O2/c1-21(2)16-32(17-22(3)4)18-26(28(35)29-27-12-11-23(5)15-24(27)6)25(7)30-33(20-34)19-31-13-9-8-10-14-31/h8-15,20-22,26H,16-19H2,1-7H3/p+1/b30-25+. The second kappa shape index (κ2) is 13.7. The van der Waals surface area contributed by atoms with Gasteiger partial charge in [0, 0.05) is 43.2 Å². The van der Waals surface area contributed by atoms with Gasteiger partial charge in [0.15, 0.2) is 12.4 Å². The van der Waals surface area contributed by atoms with Crippen LogP contribution in [0.4, 0.5) is 5.69 Å². The monoisotopic (exact) mass is 480 g/mol. The highest BCUT2D eigenvalue weighted by Crippen LogP contribution is 2.19. The minimum atomic E-state index is -0.503. The topological polar surface area (TPSA) is 68.9 Å². The number of rotatable bonds is 13. The number of aryl methyl sites for hydroxylation is 2. The molecule has 0 fully saturated rings. The average Bonchev–Trinajstić information content (AvgIpc) is 2.78. The summed E-state index contributed by atoms with van der Waals surface area (Å²) in [5.74, 6) is 0.315. The smallest absolute Gasteiger partial charge is 0.245 e. The Balaban J connectivity index is 2.34. The lowest BCUT2D eigenvalue weighted by molar-refractivity contribution is -0.712. The molecule has 0 saturated carbocycles. The van der Waals surface area contributed by atoms with Crippen LogP contribution in [0.15, 0.2) is 53.9 Å². The number of hydrazone groups is 1. The van der Waals surface area contributed by atoms with E-state index in [4.69, 9.17) is 0 Å². The molecule has 2 amide bonds. The molecule has 1 aromatic heterocycles. The van der Waals surface area contributed by atoms with E-state index < -0.39 is 5.92 Å². The van der Waals surface area contributed by atoms with Gasteiger partial charge in [0.2, 0.25) is 19.0 Å². The summed E-state index contributed by atoms with van der Waals surface area (Å²) in [5.41, 5.74) is 3.57. The molecule has 1 aromatic carbocycles. The third-order valence-corrected chi connectivity index (χ3v) is 5.64. The van der Waals surface area contributed by atoms with Gasteiger partial charge in [-0.1, -0.05) is 51.5 Å². The van der Waals surface area contributed by atoms with Gasteiger partial charge in [-0.25, -0.2) is 0 Å². The predicted octanol–water partition coefficient (Wildman–Crippen LogP) is 4.25. The van der Waals surface area contributed by atoms with Crippen molar-refractivity contribution in [2.45, 2.75) is 55.1 Å². The first kappa shape index (κ1) is 28.2. The van der Waals surface area contributed by atoms with E-state index in [9.17, 15) is 9.59 Å². The Morgan fingerprint density at radius 2 is 1.66 bits per heavy atom. The minimum Gasteiger partial charge on any atom is -0.325 e. The van der Waals surface area contributed by atoms with Crippen LogP contribution in [0.5, 0.6) is 0 Å². The lowest BCUT2D eigenvalue weighted by Gasteiger charge is -2.30. The maximum absolute atomic E-state index is 13.6. The summed E-state index contributed by atoms with van der Waals surface area (Å²) in [6.45, 7) is 17.2. The molecule has 2 aromatic rings. The second-order valence-corrected chi connectivity index (χ2v) is 10.2. The highest BCUT2D eigenvalue weighted by molar-refractivity contribution is 6.09. The third-order valence-electron chi connectivity index (χ3n) is 5.64. The molecule has 0 bridgehead atoms. The first-order chi connectivity index (χ1) is 16.6. The quantitative estimate of drug-likeness (QED) is 0.202. The van der Waals surface area contributed by atoms with E-state index in [1.54, 1.807) is 0 Å². The third kappa shape index (κ3) is 9.61. The summed E-state index contributed by atoms with van der Waals surface area (Å²) in [5, 5.41) is 9.02. The van der Waals surface area contributed by atoms with Crippen LogP contribution in [0.1, 0.15) is 45.7 Å². The summed E-state index contributed by atoms with van der Waals surface area (Å²) < 4.78 is 1.86. The van der Waals surface area contributed by atoms with Crippen molar-refractivity contribution in [3.8, 4) is 0 Å². The molecule has 2 rings (SSSR count). The summed E-state index contributed by atoms with van der Waals surface area (Å²) in [6, 6.07) is 11.7. The number of nitrogens with zero attached hydrogens (tertiary/aromatic N) is 4. The normalized spacial score (nSPS) is 12.8. The molecule has 1 heterocycles. The maximum atomic E-state index is 13.6. The Morgan fingerprint density at radius 3 is 2.20 bits per heavy atom. The number of anilines is 1. The van der Waals surface area contributed by atoms with Gasteiger partial charge in [-0.15, -0.1) is 0 Å². The second-order valence-electron chi connectivity index (χ2n) is 10.2. The summed E-state index contributed by atoms with van der Waals surface area (Å²) in [7, 11) is 0. The highest BCUT2D eigenvalue weighted by atomic mass is 16.2. The Bertz CT molecular complexity index is 978. The molecule has 7 heteroatoms. The maximum Gasteiger partial charge on any atom is 0.245 e. The SMILES string of the molecule is C/C(=N\N(C=O)C[n+]1ccccc1)C(CN(CC(C)C)CC(C)C)C(=O)Nc1ccc(C)cc1C. The van der Waals surface area contributed by atoms with Crippen LogP contribution < -0.4 is 9.88 Å². The van der Waals surface area contributed by atoms with Crippen LogP contribution in [-0.4, -0.2) is 47.6 Å². The van der Waals surface area contributed by atoms with Gasteiger partial charge >= 0.3 is 0 Å². The molecule has 1 atom stereocenters. The molecule has 1 unspecified atom stereocenters. The van der Waals surface area contributed by atoms with E-state index in [2.05, 4.69) is 49.1 Å². The Labute approximate surface area is 210 Å². The zero-order chi connectivity index (χ0) is 26.0. The molecule has 190 valence electrons. The van der Waals surface area contributed by atoms with Crippen molar-refractivity contribution in [1.29, 1.82) is 0 Å². The molecule has 0 saturated heterocycles. The van der Waals surface area contributed by atoms with Crippen molar-refractivity contribution in [2.24, 2.45) is 22.9 Å². The fourth-order valence-electron chi connectivity index (χ4n) is 4.15. The lowest BCUT2D eigenvalue weighted by Crippen LogP contribution is -2.44. The number of pyridine rings is 1. The van der Waals surface area contributed by atoms with E-state index in [0.29, 0.717) is 30.5 Å². The fraction of sp³-hybridized carbons (Fsp3) is 0.500. The van der Waals surface area contributed by atoms with E-state index in [1.807, 2.05) is 68.1 Å². The molecule has 7 nitrogen and oxygen atoms in total. The largest absolute Gasteiger partial charge is 0.325 e. The van der Waals surface area contributed by atoms with Crippen LogP contribution in [0.25, 0.3) is 0 Å². The molecule has 0 aliphatic rings. The van der Waals surface area contributed by atoms with Crippen molar-refractivity contribution in [2.75, 3.05) is 25.0 Å². The van der Waals surface area contributed by atoms with E-state index in [-0.39, 0.29) is 12.6 Å². The van der Waals surface area contributed by atoms with Crippen molar-refractivity contribution >= 4 is 23.7 Å². The highest BCUT2D eigenvalue weighted by Gasteiger charge is 2.27. The van der Waals surface area contributed by atoms with Crippen molar-refractivity contribution in [3.63, 3.8) is 0 Å². The number of aromatic nitrogens is 1. The summed E-state index contributed by atoms with van der Waals surface area (Å²) >= 11 is 0. The van der Waals surface area contributed by atoms with Crippen molar-refractivity contribution in [3.05, 3.63) is 59.9 Å². The number of carbonyl (C=O) groups is 2. The Kier molecular flexibility index (Phi) is 11.1. The number of amides is 2. The summed E-state index contributed by atoms with van der Waals surface area (Å²) in [6.07, 6.45) is 4.44. The van der Waals surface area contributed by atoms with Gasteiger partial charge in [-0.3, -0.25) is 9.59 Å². The molecule has 0 radical (unpaired) electrons. The molecule has 0 aliphatic heterocycles. The van der Waals surface area contributed by atoms with Gasteiger partial charge in [0.25, 0.3) is 0 Å². The van der Waals surface area contributed by atoms with Gasteiger partial charge in [0.05, 0.1) is 5.92 Å². The van der Waals surface area contributed by atoms with Crippen LogP contribution in [-0.2, 0) is 16.3 Å². The number of hydrogen-bond donors (Lipinski definition) is 1. The number of carbonyl (C=O) groups excluding carboxylic acids is 2. The van der Waals surface area contributed by atoms with Crippen LogP contribution in [0, 0.1) is 31.6 Å². The zero-order valence-electron chi connectivity index (χ0n) is 22.4. The van der Waals surface area contributed by atoms with Gasteiger partial charge in [-0.2, -0.15) is 14.7 Å². The van der Waals surface area contributed by atoms with Crippen LogP contribution >= 0.6 is 0 Å². The van der Waals surface area contributed by atoms with E-state index in [0.717, 1.165) is 29.9 Å². The predicted molar refractivity (Wildman–Crippen MR) is 142 cm³/mol. The van der Waals surface area contributed by atoms with Gasteiger partial charge in [0.1, 0.15) is 0 Å². The van der Waals surface area contributed by atoms with Crippen molar-refractivity contribution < 1.29 is 14.2 Å². The van der Waals surface area contributed by atoms with Crippen molar-refractivity contribution in [1.82, 2.24) is 9.91 Å². The molecule has 1 N–H and O–H groups in total. The fourth-order valence-corrected chi connectivity index (χ4v) is 4.15. The average molecular weight is 481 g/mol. The minimum absolute atomic E-state index is 0.117. The Morgan fingerprint density at radius 1 is 1.03 bits per heavy atom. The van der Waals surface area contributed by atoms with E-state index in [1.165, 1.54) is 5.01 Å². The zero-order valence-corrected chi connectivity index (χ0v) is 22.4. The lowest BCUT2D eigenvalue weighted by atomic mass is 10.00. The number of benzene rings is 1. The van der Waals surface area contributed by atoms with E-state index >= 15 is 0 Å². The first-order valence-electron chi connectivity index (χ1n) is 12.4. The number of nitrogens with one attached hydrogen (secondary N) is 1. The Hall–Kier alpha value is -3.06. The molecular formula is C28H42N5O2+. The molecule has 35 heavy (non-hydrogen) atoms. The summed E-state index contributed by atoms with van der Waals surface area (Å²) in [4.78, 5) is 27.7. The van der Waals surface area contributed by atoms with Gasteiger partial charge < -0.3 is 10.2 Å². The van der Waals surface area contributed by atoms with Gasteiger partial charge in [-0.05, 0) is 44.2 Å².